The predicted octanol–water partition coefficient (Wildman–Crippen LogP) is 17.6. The van der Waals surface area contributed by atoms with Crippen molar-refractivity contribution in [2.24, 2.45) is 5.73 Å². The third kappa shape index (κ3) is 55.6. The molecule has 0 aromatic rings. The first-order chi connectivity index (χ1) is 34.8. The van der Waals surface area contributed by atoms with Crippen molar-refractivity contribution < 1.29 is 37.6 Å². The average Bonchev–Trinajstić information content (AvgIpc) is 3.36. The maximum Gasteiger partial charge on any atom is 0.472 e. The number of hydrogen-bond acceptors (Lipinski definition) is 8. The van der Waals surface area contributed by atoms with Crippen LogP contribution in [0.2, 0.25) is 0 Å². The SMILES string of the molecule is CC/C=C\C/C=C\C/C=C\C/C=C\C/C=C\C/C=C\CCCCC(=O)OC(COC(=O)CCCCCCCCCCCCCCCCCC/C=C\C/C=C\C/C=C\C/C=C\CC)COP(=O)(O)OCCN. The lowest BCUT2D eigenvalue weighted by Crippen LogP contribution is -2.29. The number of hydrogen-bond donors (Lipinski definition) is 2. The van der Waals surface area contributed by atoms with Gasteiger partial charge in [-0.2, -0.15) is 0 Å². The third-order valence-corrected chi connectivity index (χ3v) is 12.3. The number of carbonyl (C=O) groups is 2. The predicted molar refractivity (Wildman–Crippen MR) is 302 cm³/mol. The molecule has 0 radical (unpaired) electrons. The van der Waals surface area contributed by atoms with Gasteiger partial charge in [-0.15, -0.1) is 0 Å². The number of esters is 2. The summed E-state index contributed by atoms with van der Waals surface area (Å²) in [6, 6.07) is 0. The maximum absolute atomic E-state index is 12.7. The van der Waals surface area contributed by atoms with Gasteiger partial charge in [0.25, 0.3) is 0 Å². The molecule has 0 bridgehead atoms. The van der Waals surface area contributed by atoms with E-state index < -0.39 is 32.5 Å². The molecule has 0 aliphatic rings. The van der Waals surface area contributed by atoms with E-state index >= 15 is 0 Å². The standard InChI is InChI=1S/C61H102NO8P/c1-3-5-7-9-11-13-15-17-19-21-23-25-26-27-28-29-30-31-32-34-35-37-39-41-43-45-47-49-51-53-60(63)67-57-59(58-69-71(65,66)68-56-55-62)70-61(64)54-52-50-48-46-44-42-40-38-36-33-24-22-20-18-16-14-12-10-8-6-4-2/h5-8,11-14,17-20,23-25,33,38,40,44,46,59H,3-4,9-10,15-16,21-22,26-32,34-37,39,41-43,45,47-58,62H2,1-2H3,(H,65,66)/b7-5-,8-6-,13-11-,14-12-,19-17-,20-18-,25-23-,33-24-,40-38-,46-44-. The summed E-state index contributed by atoms with van der Waals surface area (Å²) in [5.74, 6) is -0.884. The minimum atomic E-state index is -4.41. The fraction of sp³-hybridized carbons (Fsp3) is 0.639. The number of unbranched alkanes of at least 4 members (excludes halogenated alkanes) is 18. The van der Waals surface area contributed by atoms with E-state index in [4.69, 9.17) is 24.3 Å². The number of ether oxygens (including phenoxy) is 2. The van der Waals surface area contributed by atoms with Gasteiger partial charge in [0.2, 0.25) is 0 Å². The van der Waals surface area contributed by atoms with Crippen molar-refractivity contribution in [2.45, 2.75) is 225 Å². The summed E-state index contributed by atoms with van der Waals surface area (Å²) in [5.41, 5.74) is 5.37. The molecule has 0 rings (SSSR count). The second kappa shape index (κ2) is 55.7. The molecule has 0 aliphatic carbocycles. The molecule has 10 heteroatoms. The van der Waals surface area contributed by atoms with Crippen molar-refractivity contribution in [1.29, 1.82) is 0 Å². The molecular weight excluding hydrogens is 906 g/mol. The van der Waals surface area contributed by atoms with Crippen LogP contribution in [-0.4, -0.2) is 49.3 Å². The molecule has 0 aliphatic heterocycles. The van der Waals surface area contributed by atoms with Gasteiger partial charge in [0.15, 0.2) is 6.10 Å². The van der Waals surface area contributed by atoms with Gasteiger partial charge in [-0.1, -0.05) is 225 Å². The highest BCUT2D eigenvalue weighted by Gasteiger charge is 2.26. The summed E-state index contributed by atoms with van der Waals surface area (Å²) in [4.78, 5) is 35.1. The fourth-order valence-corrected chi connectivity index (χ4v) is 8.04. The monoisotopic (exact) mass is 1010 g/mol. The molecule has 0 saturated carbocycles. The molecule has 2 atom stereocenters. The first kappa shape index (κ1) is 67.4. The van der Waals surface area contributed by atoms with E-state index in [1.54, 1.807) is 0 Å². The van der Waals surface area contributed by atoms with E-state index in [0.29, 0.717) is 6.42 Å². The van der Waals surface area contributed by atoms with Gasteiger partial charge in [-0.3, -0.25) is 18.6 Å². The first-order valence-electron chi connectivity index (χ1n) is 28.0. The zero-order valence-corrected chi connectivity index (χ0v) is 45.8. The number of carbonyl (C=O) groups excluding carboxylic acids is 2. The van der Waals surface area contributed by atoms with E-state index in [9.17, 15) is 19.0 Å². The smallest absolute Gasteiger partial charge is 0.462 e. The Labute approximate surface area is 434 Å². The summed E-state index contributed by atoms with van der Waals surface area (Å²) >= 11 is 0. The highest BCUT2D eigenvalue weighted by molar-refractivity contribution is 7.47. The molecule has 9 nitrogen and oxygen atoms in total. The molecule has 0 fully saturated rings. The number of nitrogens with two attached hydrogens (primary N) is 1. The van der Waals surface area contributed by atoms with Crippen molar-refractivity contribution in [3.8, 4) is 0 Å². The van der Waals surface area contributed by atoms with Crippen LogP contribution in [-0.2, 0) is 32.7 Å². The Morgan fingerprint density at radius 1 is 0.423 bits per heavy atom. The minimum absolute atomic E-state index is 0.0403. The van der Waals surface area contributed by atoms with Crippen molar-refractivity contribution >= 4 is 19.8 Å². The Morgan fingerprint density at radius 2 is 0.732 bits per heavy atom. The topological polar surface area (TPSA) is 134 Å². The zero-order valence-electron chi connectivity index (χ0n) is 44.9. The molecule has 3 N–H and O–H groups in total. The van der Waals surface area contributed by atoms with Crippen LogP contribution in [0.15, 0.2) is 122 Å². The van der Waals surface area contributed by atoms with E-state index in [0.717, 1.165) is 96.3 Å². The van der Waals surface area contributed by atoms with Crippen LogP contribution in [0.25, 0.3) is 0 Å². The molecule has 71 heavy (non-hydrogen) atoms. The van der Waals surface area contributed by atoms with Gasteiger partial charge in [0.1, 0.15) is 6.61 Å². The molecule has 0 spiro atoms. The van der Waals surface area contributed by atoms with E-state index in [2.05, 4.69) is 135 Å². The summed E-state index contributed by atoms with van der Waals surface area (Å²) in [6.45, 7) is 3.46. The Balaban J connectivity index is 4.04. The van der Waals surface area contributed by atoms with Crippen molar-refractivity contribution in [1.82, 2.24) is 0 Å². The van der Waals surface area contributed by atoms with E-state index in [-0.39, 0.29) is 32.6 Å². The van der Waals surface area contributed by atoms with Crippen LogP contribution < -0.4 is 5.73 Å². The highest BCUT2D eigenvalue weighted by Crippen LogP contribution is 2.43. The molecule has 0 amide bonds. The molecule has 2 unspecified atom stereocenters. The molecule has 0 aromatic heterocycles. The third-order valence-electron chi connectivity index (χ3n) is 11.3. The van der Waals surface area contributed by atoms with Crippen LogP contribution in [0, 0.1) is 0 Å². The van der Waals surface area contributed by atoms with Crippen molar-refractivity contribution in [3.63, 3.8) is 0 Å². The van der Waals surface area contributed by atoms with Crippen LogP contribution in [0.3, 0.4) is 0 Å². The maximum atomic E-state index is 12.7. The highest BCUT2D eigenvalue weighted by atomic mass is 31.2. The lowest BCUT2D eigenvalue weighted by atomic mass is 10.0. The second-order valence-corrected chi connectivity index (χ2v) is 19.5. The van der Waals surface area contributed by atoms with Gasteiger partial charge in [-0.05, 0) is 103 Å². The van der Waals surface area contributed by atoms with E-state index in [1.165, 1.54) is 89.9 Å². The quantitative estimate of drug-likeness (QED) is 0.0264. The molecule has 0 saturated heterocycles. The van der Waals surface area contributed by atoms with Gasteiger partial charge in [0.05, 0.1) is 13.2 Å². The Kier molecular flexibility index (Phi) is 52.9. The zero-order chi connectivity index (χ0) is 51.7. The van der Waals surface area contributed by atoms with Gasteiger partial charge in [-0.25, -0.2) is 4.57 Å². The molecule has 0 heterocycles. The van der Waals surface area contributed by atoms with Crippen LogP contribution in [0.4, 0.5) is 0 Å². The van der Waals surface area contributed by atoms with Crippen LogP contribution in [0.1, 0.15) is 219 Å². The largest absolute Gasteiger partial charge is 0.472 e. The second-order valence-electron chi connectivity index (χ2n) is 18.0. The van der Waals surface area contributed by atoms with Crippen molar-refractivity contribution in [3.05, 3.63) is 122 Å². The van der Waals surface area contributed by atoms with Gasteiger partial charge >= 0.3 is 19.8 Å². The summed E-state index contributed by atoms with van der Waals surface area (Å²) in [5, 5.41) is 0. The molecule has 404 valence electrons. The Bertz CT molecular complexity index is 1570. The number of rotatable bonds is 51. The average molecular weight is 1010 g/mol. The lowest BCUT2D eigenvalue weighted by Gasteiger charge is -2.19. The first-order valence-corrected chi connectivity index (χ1v) is 29.5. The fourth-order valence-electron chi connectivity index (χ4n) is 7.28. The number of phosphoric acid groups is 1. The van der Waals surface area contributed by atoms with Gasteiger partial charge in [0, 0.05) is 19.4 Å². The minimum Gasteiger partial charge on any atom is -0.462 e. The van der Waals surface area contributed by atoms with Crippen LogP contribution >= 0.6 is 7.82 Å². The lowest BCUT2D eigenvalue weighted by molar-refractivity contribution is -0.161. The normalized spacial score (nSPS) is 14.0. The number of phosphoric ester groups is 1. The van der Waals surface area contributed by atoms with E-state index in [1.807, 2.05) is 0 Å². The summed E-state index contributed by atoms with van der Waals surface area (Å²) in [6.07, 6.45) is 76.8. The molecular formula is C61H102NO8P. The number of allylic oxidation sites excluding steroid dienone is 20. The Hall–Kier alpha value is -3.59. The van der Waals surface area contributed by atoms with Crippen LogP contribution in [0.5, 0.6) is 0 Å². The van der Waals surface area contributed by atoms with Gasteiger partial charge < -0.3 is 20.1 Å². The van der Waals surface area contributed by atoms with Crippen molar-refractivity contribution in [2.75, 3.05) is 26.4 Å². The Morgan fingerprint density at radius 3 is 1.11 bits per heavy atom. The molecule has 0 aromatic carbocycles. The summed E-state index contributed by atoms with van der Waals surface area (Å²) < 4.78 is 33.0. The summed E-state index contributed by atoms with van der Waals surface area (Å²) in [7, 11) is -4.41.